The zero-order valence-electron chi connectivity index (χ0n) is 10.6. The monoisotopic (exact) mass is 254 g/mol. The van der Waals surface area contributed by atoms with Crippen LogP contribution in [-0.2, 0) is 4.74 Å². The summed E-state index contributed by atoms with van der Waals surface area (Å²) >= 11 is 0. The van der Waals surface area contributed by atoms with E-state index in [1.165, 1.54) is 12.3 Å². The highest BCUT2D eigenvalue weighted by molar-refractivity contribution is 5.94. The molecule has 0 aliphatic rings. The van der Waals surface area contributed by atoms with Gasteiger partial charge in [-0.25, -0.2) is 4.39 Å². The summed E-state index contributed by atoms with van der Waals surface area (Å²) in [5.41, 5.74) is 0.0249. The number of rotatable bonds is 8. The van der Waals surface area contributed by atoms with Gasteiger partial charge in [0.25, 0.3) is 5.91 Å². The Morgan fingerprint density at radius 3 is 2.94 bits per heavy atom. The maximum atomic E-state index is 13.2. The molecule has 1 heterocycles. The molecule has 1 rings (SSSR count). The van der Waals surface area contributed by atoms with Crippen LogP contribution in [0.2, 0.25) is 0 Å². The largest absolute Gasteiger partial charge is 0.381 e. The molecular weight excluding hydrogens is 235 g/mol. The lowest BCUT2D eigenvalue weighted by molar-refractivity contribution is 0.0936. The second-order valence-corrected chi connectivity index (χ2v) is 3.93. The van der Waals surface area contributed by atoms with E-state index in [9.17, 15) is 9.18 Å². The lowest BCUT2D eigenvalue weighted by Gasteiger charge is -2.06. The molecule has 0 aliphatic heterocycles. The van der Waals surface area contributed by atoms with Crippen molar-refractivity contribution in [1.29, 1.82) is 0 Å². The molecule has 0 radical (unpaired) electrons. The number of halogens is 1. The summed E-state index contributed by atoms with van der Waals surface area (Å²) in [6.45, 7) is 3.95. The molecule has 0 spiro atoms. The smallest absolute Gasteiger partial charge is 0.254 e. The minimum absolute atomic E-state index is 0.0249. The standard InChI is InChI=1S/C13H19FN2O2/c1-2-3-8-18-9-4-6-16-13(17)11-5-7-15-10-12(11)14/h5,7,10H,2-4,6,8-9H2,1H3,(H,16,17). The number of amides is 1. The summed E-state index contributed by atoms with van der Waals surface area (Å²) in [5.74, 6) is -1.02. The van der Waals surface area contributed by atoms with Crippen LogP contribution in [0.25, 0.3) is 0 Å². The number of aromatic nitrogens is 1. The average molecular weight is 254 g/mol. The number of carbonyl (C=O) groups excluding carboxylic acids is 1. The molecule has 0 bridgehead atoms. The average Bonchev–Trinajstić information content (AvgIpc) is 2.38. The number of hydrogen-bond donors (Lipinski definition) is 1. The van der Waals surface area contributed by atoms with Crippen molar-refractivity contribution in [1.82, 2.24) is 10.3 Å². The Morgan fingerprint density at radius 2 is 2.22 bits per heavy atom. The van der Waals surface area contributed by atoms with Crippen LogP contribution in [0.15, 0.2) is 18.5 Å². The maximum absolute atomic E-state index is 13.2. The first kappa shape index (κ1) is 14.6. The first-order chi connectivity index (χ1) is 8.75. The summed E-state index contributed by atoms with van der Waals surface area (Å²) in [6.07, 6.45) is 5.31. The minimum Gasteiger partial charge on any atom is -0.381 e. The van der Waals surface area contributed by atoms with E-state index in [2.05, 4.69) is 17.2 Å². The van der Waals surface area contributed by atoms with Gasteiger partial charge in [0, 0.05) is 26.0 Å². The van der Waals surface area contributed by atoms with Crippen molar-refractivity contribution in [3.8, 4) is 0 Å². The molecule has 1 aromatic rings. The number of pyridine rings is 1. The Balaban J connectivity index is 2.16. The number of nitrogens with zero attached hydrogens (tertiary/aromatic N) is 1. The molecule has 1 N–H and O–H groups in total. The van der Waals surface area contributed by atoms with E-state index in [0.717, 1.165) is 32.1 Å². The molecule has 4 nitrogen and oxygen atoms in total. The van der Waals surface area contributed by atoms with E-state index in [1.807, 2.05) is 0 Å². The van der Waals surface area contributed by atoms with Crippen molar-refractivity contribution in [2.45, 2.75) is 26.2 Å². The first-order valence-electron chi connectivity index (χ1n) is 6.21. The van der Waals surface area contributed by atoms with Gasteiger partial charge < -0.3 is 10.1 Å². The van der Waals surface area contributed by atoms with Crippen molar-refractivity contribution >= 4 is 5.91 Å². The Hall–Kier alpha value is -1.49. The summed E-state index contributed by atoms with van der Waals surface area (Å²) < 4.78 is 18.6. The quantitative estimate of drug-likeness (QED) is 0.723. The number of ether oxygens (including phenoxy) is 1. The lowest BCUT2D eigenvalue weighted by atomic mass is 10.2. The van der Waals surface area contributed by atoms with E-state index >= 15 is 0 Å². The first-order valence-corrected chi connectivity index (χ1v) is 6.21. The van der Waals surface area contributed by atoms with E-state index in [-0.39, 0.29) is 5.56 Å². The van der Waals surface area contributed by atoms with Gasteiger partial charge in [0.05, 0.1) is 11.8 Å². The second kappa shape index (κ2) is 8.58. The predicted octanol–water partition coefficient (Wildman–Crippen LogP) is 2.16. The normalized spacial score (nSPS) is 10.3. The fraction of sp³-hybridized carbons (Fsp3) is 0.538. The SMILES string of the molecule is CCCCOCCCNC(=O)c1ccncc1F. The van der Waals surface area contributed by atoms with Crippen LogP contribution in [0.1, 0.15) is 36.5 Å². The zero-order valence-corrected chi connectivity index (χ0v) is 10.6. The van der Waals surface area contributed by atoms with E-state index in [1.54, 1.807) is 0 Å². The topological polar surface area (TPSA) is 51.2 Å². The van der Waals surface area contributed by atoms with Gasteiger partial charge in [-0.2, -0.15) is 0 Å². The van der Waals surface area contributed by atoms with Gasteiger partial charge in [0.15, 0.2) is 5.82 Å². The predicted molar refractivity (Wildman–Crippen MR) is 66.9 cm³/mol. The van der Waals surface area contributed by atoms with Crippen LogP contribution in [0.5, 0.6) is 0 Å². The summed E-state index contributed by atoms with van der Waals surface area (Å²) in [4.78, 5) is 15.2. The van der Waals surface area contributed by atoms with Gasteiger partial charge in [0.2, 0.25) is 0 Å². The van der Waals surface area contributed by atoms with E-state index in [0.29, 0.717) is 13.2 Å². The van der Waals surface area contributed by atoms with Crippen molar-refractivity contribution < 1.29 is 13.9 Å². The van der Waals surface area contributed by atoms with Crippen molar-refractivity contribution in [2.75, 3.05) is 19.8 Å². The molecule has 0 unspecified atom stereocenters. The van der Waals surface area contributed by atoms with Crippen LogP contribution in [0, 0.1) is 5.82 Å². The lowest BCUT2D eigenvalue weighted by Crippen LogP contribution is -2.26. The van der Waals surface area contributed by atoms with Gasteiger partial charge in [-0.05, 0) is 18.9 Å². The highest BCUT2D eigenvalue weighted by atomic mass is 19.1. The highest BCUT2D eigenvalue weighted by Crippen LogP contribution is 2.03. The third-order valence-electron chi connectivity index (χ3n) is 2.41. The Bertz CT molecular complexity index is 372. The number of nitrogens with one attached hydrogen (secondary N) is 1. The molecular formula is C13H19FN2O2. The number of unbranched alkanes of at least 4 members (excludes halogenated alkanes) is 1. The Kier molecular flexibility index (Phi) is 6.94. The summed E-state index contributed by atoms with van der Waals surface area (Å²) in [5, 5.41) is 2.64. The Morgan fingerprint density at radius 1 is 1.44 bits per heavy atom. The molecule has 100 valence electrons. The molecule has 0 fully saturated rings. The van der Waals surface area contributed by atoms with Crippen LogP contribution < -0.4 is 5.32 Å². The van der Waals surface area contributed by atoms with Gasteiger partial charge in [-0.1, -0.05) is 13.3 Å². The van der Waals surface area contributed by atoms with Crippen molar-refractivity contribution in [2.24, 2.45) is 0 Å². The van der Waals surface area contributed by atoms with Gasteiger partial charge >= 0.3 is 0 Å². The van der Waals surface area contributed by atoms with Gasteiger partial charge in [-0.15, -0.1) is 0 Å². The molecule has 5 heteroatoms. The molecule has 0 atom stereocenters. The van der Waals surface area contributed by atoms with Crippen LogP contribution in [0.4, 0.5) is 4.39 Å². The summed E-state index contributed by atoms with van der Waals surface area (Å²) in [6, 6.07) is 1.36. The molecule has 0 aromatic carbocycles. The molecule has 0 saturated carbocycles. The Labute approximate surface area is 107 Å². The molecule has 1 aromatic heterocycles. The van der Waals surface area contributed by atoms with Gasteiger partial charge in [0.1, 0.15) is 0 Å². The van der Waals surface area contributed by atoms with Gasteiger partial charge in [-0.3, -0.25) is 9.78 Å². The minimum atomic E-state index is -0.603. The second-order valence-electron chi connectivity index (χ2n) is 3.93. The van der Waals surface area contributed by atoms with Crippen LogP contribution in [0.3, 0.4) is 0 Å². The number of hydrogen-bond acceptors (Lipinski definition) is 3. The number of carbonyl (C=O) groups is 1. The van der Waals surface area contributed by atoms with Crippen LogP contribution in [-0.4, -0.2) is 30.6 Å². The van der Waals surface area contributed by atoms with Crippen molar-refractivity contribution in [3.05, 3.63) is 29.8 Å². The fourth-order valence-corrected chi connectivity index (χ4v) is 1.38. The molecule has 1 amide bonds. The maximum Gasteiger partial charge on any atom is 0.254 e. The summed E-state index contributed by atoms with van der Waals surface area (Å²) in [7, 11) is 0. The molecule has 0 aliphatic carbocycles. The van der Waals surface area contributed by atoms with E-state index in [4.69, 9.17) is 4.74 Å². The molecule has 0 saturated heterocycles. The zero-order chi connectivity index (χ0) is 13.2. The third-order valence-corrected chi connectivity index (χ3v) is 2.41. The molecule has 18 heavy (non-hydrogen) atoms. The fourth-order valence-electron chi connectivity index (χ4n) is 1.38. The van der Waals surface area contributed by atoms with Crippen molar-refractivity contribution in [3.63, 3.8) is 0 Å². The third kappa shape index (κ3) is 5.23. The van der Waals surface area contributed by atoms with Crippen LogP contribution >= 0.6 is 0 Å². The highest BCUT2D eigenvalue weighted by Gasteiger charge is 2.09. The van der Waals surface area contributed by atoms with E-state index < -0.39 is 11.7 Å².